The molecule has 1 saturated heterocycles. The zero-order chi connectivity index (χ0) is 20.4. The number of carbonyl (C=O) groups is 2. The number of nitrogens with zero attached hydrogens (tertiary/aromatic N) is 2. The van der Waals surface area contributed by atoms with Gasteiger partial charge in [0, 0.05) is 17.3 Å². The van der Waals surface area contributed by atoms with Gasteiger partial charge in [-0.1, -0.05) is 25.0 Å². The van der Waals surface area contributed by atoms with Crippen molar-refractivity contribution in [1.82, 2.24) is 9.88 Å². The smallest absolute Gasteiger partial charge is 0.326 e. The van der Waals surface area contributed by atoms with E-state index in [4.69, 9.17) is 4.74 Å². The van der Waals surface area contributed by atoms with Crippen molar-refractivity contribution in [2.45, 2.75) is 57.7 Å². The number of ether oxygens (including phenoxy) is 1. The first-order chi connectivity index (χ1) is 14.0. The molecule has 1 aromatic carbocycles. The molecule has 2 aromatic rings. The highest BCUT2D eigenvalue weighted by Crippen LogP contribution is 2.40. The summed E-state index contributed by atoms with van der Waals surface area (Å²) < 4.78 is 5.77. The number of hydrogen-bond acceptors (Lipinski definition) is 4. The largest absolute Gasteiger partial charge is 0.487 e. The maximum absolute atomic E-state index is 13.3. The first kappa shape index (κ1) is 19.4. The van der Waals surface area contributed by atoms with Gasteiger partial charge in [-0.3, -0.25) is 9.78 Å². The van der Waals surface area contributed by atoms with Gasteiger partial charge in [-0.05, 0) is 61.9 Å². The molecule has 1 aliphatic heterocycles. The summed E-state index contributed by atoms with van der Waals surface area (Å²) in [7, 11) is 0. The van der Waals surface area contributed by atoms with Gasteiger partial charge in [-0.15, -0.1) is 0 Å². The van der Waals surface area contributed by atoms with Crippen molar-refractivity contribution < 1.29 is 19.4 Å². The number of hydrogen-bond donors (Lipinski definition) is 1. The minimum absolute atomic E-state index is 0.0379. The molecule has 3 unspecified atom stereocenters. The fourth-order valence-corrected chi connectivity index (χ4v) is 4.62. The Hall–Kier alpha value is -2.89. The van der Waals surface area contributed by atoms with E-state index in [1.165, 1.54) is 0 Å². The Morgan fingerprint density at radius 1 is 1.21 bits per heavy atom. The molecule has 3 atom stereocenters. The molecule has 4 rings (SSSR count). The van der Waals surface area contributed by atoms with Crippen LogP contribution in [0.25, 0.3) is 0 Å². The van der Waals surface area contributed by atoms with Gasteiger partial charge in [0.25, 0.3) is 5.91 Å². The lowest BCUT2D eigenvalue weighted by atomic mass is 9.84. The summed E-state index contributed by atoms with van der Waals surface area (Å²) in [5.74, 6) is -0.123. The van der Waals surface area contributed by atoms with Gasteiger partial charge in [-0.2, -0.15) is 0 Å². The predicted octanol–water partition coefficient (Wildman–Crippen LogP) is 3.83. The number of benzene rings is 1. The molecular weight excluding hydrogens is 368 g/mol. The number of pyridine rings is 1. The molecule has 1 saturated carbocycles. The molecule has 6 nitrogen and oxygen atoms in total. The van der Waals surface area contributed by atoms with Crippen LogP contribution in [0.2, 0.25) is 0 Å². The number of aliphatic carboxylic acids is 1. The first-order valence-corrected chi connectivity index (χ1v) is 10.2. The SMILES string of the molecule is Cc1ccc(OCc2cccc(C(=O)N3C(C(=O)O)CC4CCCCC43)c2)cn1. The third kappa shape index (κ3) is 4.11. The lowest BCUT2D eigenvalue weighted by Gasteiger charge is -2.33. The van der Waals surface area contributed by atoms with Crippen LogP contribution in [0.1, 0.15) is 53.7 Å². The van der Waals surface area contributed by atoms with Crippen molar-refractivity contribution in [2.24, 2.45) is 5.92 Å². The number of fused-ring (bicyclic) bond motifs is 1. The van der Waals surface area contributed by atoms with Gasteiger partial charge in [0.05, 0.1) is 6.20 Å². The van der Waals surface area contributed by atoms with Crippen molar-refractivity contribution in [3.8, 4) is 5.75 Å². The maximum Gasteiger partial charge on any atom is 0.326 e. The molecule has 0 spiro atoms. The van der Waals surface area contributed by atoms with Crippen molar-refractivity contribution in [3.05, 3.63) is 59.4 Å². The number of amides is 1. The minimum Gasteiger partial charge on any atom is -0.487 e. The average molecular weight is 394 g/mol. The summed E-state index contributed by atoms with van der Waals surface area (Å²) in [4.78, 5) is 31.0. The van der Waals surface area contributed by atoms with Crippen LogP contribution in [0.15, 0.2) is 42.6 Å². The first-order valence-electron chi connectivity index (χ1n) is 10.2. The van der Waals surface area contributed by atoms with E-state index in [0.29, 0.717) is 30.3 Å². The van der Waals surface area contributed by atoms with E-state index in [1.807, 2.05) is 31.2 Å². The highest BCUT2D eigenvalue weighted by molar-refractivity contribution is 5.97. The normalized spacial score (nSPS) is 23.5. The monoisotopic (exact) mass is 394 g/mol. The van der Waals surface area contributed by atoms with Gasteiger partial charge >= 0.3 is 5.97 Å². The fourth-order valence-electron chi connectivity index (χ4n) is 4.62. The van der Waals surface area contributed by atoms with E-state index < -0.39 is 12.0 Å². The van der Waals surface area contributed by atoms with Crippen LogP contribution in [0, 0.1) is 12.8 Å². The Balaban J connectivity index is 1.51. The summed E-state index contributed by atoms with van der Waals surface area (Å²) in [6.45, 7) is 2.23. The highest BCUT2D eigenvalue weighted by Gasteiger charge is 2.47. The molecule has 1 aromatic heterocycles. The van der Waals surface area contributed by atoms with Gasteiger partial charge < -0.3 is 14.7 Å². The lowest BCUT2D eigenvalue weighted by molar-refractivity contribution is -0.141. The number of carboxylic acid groups (broad SMARTS) is 1. The van der Waals surface area contributed by atoms with E-state index in [-0.39, 0.29) is 11.9 Å². The molecular formula is C23H26N2O4. The van der Waals surface area contributed by atoms with Crippen LogP contribution >= 0.6 is 0 Å². The summed E-state index contributed by atoms with van der Waals surface area (Å²) in [6.07, 6.45) is 6.32. The molecule has 29 heavy (non-hydrogen) atoms. The van der Waals surface area contributed by atoms with Gasteiger partial charge in [-0.25, -0.2) is 4.79 Å². The Labute approximate surface area is 170 Å². The number of carbonyl (C=O) groups excluding carboxylic acids is 1. The van der Waals surface area contributed by atoms with Crippen molar-refractivity contribution in [1.29, 1.82) is 0 Å². The quantitative estimate of drug-likeness (QED) is 0.834. The van der Waals surface area contributed by atoms with E-state index >= 15 is 0 Å². The third-order valence-electron chi connectivity index (χ3n) is 6.07. The number of aromatic nitrogens is 1. The molecule has 6 heteroatoms. The summed E-state index contributed by atoms with van der Waals surface area (Å²) in [5.41, 5.74) is 2.30. The second kappa shape index (κ2) is 8.23. The predicted molar refractivity (Wildman–Crippen MR) is 108 cm³/mol. The molecule has 1 N–H and O–H groups in total. The Kier molecular flexibility index (Phi) is 5.51. The number of carboxylic acids is 1. The number of likely N-dealkylation sites (tertiary alicyclic amines) is 1. The van der Waals surface area contributed by atoms with Crippen molar-refractivity contribution >= 4 is 11.9 Å². The summed E-state index contributed by atoms with van der Waals surface area (Å²) in [6, 6.07) is 10.3. The maximum atomic E-state index is 13.3. The summed E-state index contributed by atoms with van der Waals surface area (Å²) >= 11 is 0. The highest BCUT2D eigenvalue weighted by atomic mass is 16.5. The summed E-state index contributed by atoms with van der Waals surface area (Å²) in [5, 5.41) is 9.69. The van der Waals surface area contributed by atoms with Crippen molar-refractivity contribution in [2.75, 3.05) is 0 Å². The van der Waals surface area contributed by atoms with E-state index in [1.54, 1.807) is 23.2 Å². The molecule has 1 aliphatic carbocycles. The van der Waals surface area contributed by atoms with Crippen molar-refractivity contribution in [3.63, 3.8) is 0 Å². The molecule has 2 fully saturated rings. The standard InChI is InChI=1S/C23H26N2O4/c1-15-9-10-19(13-24-15)29-14-16-5-4-7-18(11-16)22(26)25-20-8-3-2-6-17(20)12-21(25)23(27)28/h4-5,7,9-11,13,17,20-21H,2-3,6,8,12,14H2,1H3,(H,27,28). The minimum atomic E-state index is -0.904. The van der Waals surface area contributed by atoms with Crippen LogP contribution in [0.4, 0.5) is 0 Å². The topological polar surface area (TPSA) is 79.7 Å². The molecule has 152 valence electrons. The zero-order valence-electron chi connectivity index (χ0n) is 16.6. The molecule has 2 heterocycles. The zero-order valence-corrected chi connectivity index (χ0v) is 16.6. The van der Waals surface area contributed by atoms with Crippen LogP contribution in [0.5, 0.6) is 5.75 Å². The number of rotatable bonds is 5. The van der Waals surface area contributed by atoms with E-state index in [0.717, 1.165) is 36.9 Å². The molecule has 2 aliphatic rings. The Bertz CT molecular complexity index is 896. The second-order valence-corrected chi connectivity index (χ2v) is 8.04. The lowest BCUT2D eigenvalue weighted by Crippen LogP contribution is -2.46. The van der Waals surface area contributed by atoms with Gasteiger partial charge in [0.2, 0.25) is 0 Å². The molecule has 1 amide bonds. The number of aryl methyl sites for hydroxylation is 1. The van der Waals surface area contributed by atoms with E-state index in [9.17, 15) is 14.7 Å². The third-order valence-corrected chi connectivity index (χ3v) is 6.07. The Morgan fingerprint density at radius 2 is 2.03 bits per heavy atom. The average Bonchev–Trinajstić information content (AvgIpc) is 3.13. The van der Waals surface area contributed by atoms with Crippen LogP contribution < -0.4 is 4.74 Å². The fraction of sp³-hybridized carbons (Fsp3) is 0.435. The molecule has 0 bridgehead atoms. The van der Waals surface area contributed by atoms with E-state index in [2.05, 4.69) is 4.98 Å². The van der Waals surface area contributed by atoms with Crippen LogP contribution in [0.3, 0.4) is 0 Å². The molecule has 0 radical (unpaired) electrons. The van der Waals surface area contributed by atoms with Gasteiger partial charge in [0.15, 0.2) is 0 Å². The van der Waals surface area contributed by atoms with Crippen LogP contribution in [-0.4, -0.2) is 39.0 Å². The second-order valence-electron chi connectivity index (χ2n) is 8.04. The van der Waals surface area contributed by atoms with Gasteiger partial charge in [0.1, 0.15) is 18.4 Å². The van der Waals surface area contributed by atoms with Crippen LogP contribution in [-0.2, 0) is 11.4 Å². The Morgan fingerprint density at radius 3 is 2.79 bits per heavy atom.